The molecule has 0 saturated heterocycles. The summed E-state index contributed by atoms with van der Waals surface area (Å²) in [7, 11) is 0. The van der Waals surface area contributed by atoms with Gasteiger partial charge in [-0.25, -0.2) is 4.98 Å². The highest BCUT2D eigenvalue weighted by Crippen LogP contribution is 2.22. The average molecular weight is 287 g/mol. The summed E-state index contributed by atoms with van der Waals surface area (Å²) >= 11 is 12.0. The largest absolute Gasteiger partial charge is 0.346 e. The predicted octanol–water partition coefficient (Wildman–Crippen LogP) is 3.40. The Bertz CT molecular complexity index is 408. The van der Waals surface area contributed by atoms with Gasteiger partial charge in [-0.1, -0.05) is 30.9 Å². The summed E-state index contributed by atoms with van der Waals surface area (Å²) in [6.45, 7) is 0. The minimum absolute atomic E-state index is 0.0174. The highest BCUT2D eigenvalue weighted by molar-refractivity contribution is 6.30. The number of nitrogens with one attached hydrogen (secondary N) is 1. The monoisotopic (exact) mass is 286 g/mol. The molecule has 1 aromatic heterocycles. The lowest BCUT2D eigenvalue weighted by molar-refractivity contribution is 0.0929. The van der Waals surface area contributed by atoms with E-state index in [-0.39, 0.29) is 17.3 Å². The zero-order valence-corrected chi connectivity index (χ0v) is 11.5. The van der Waals surface area contributed by atoms with E-state index in [1.165, 1.54) is 12.6 Å². The van der Waals surface area contributed by atoms with Crippen molar-refractivity contribution in [3.63, 3.8) is 0 Å². The van der Waals surface area contributed by atoms with Gasteiger partial charge in [0.1, 0.15) is 5.69 Å². The zero-order chi connectivity index (χ0) is 13.0. The molecule has 0 aromatic carbocycles. The number of aromatic nitrogens is 1. The molecule has 0 aliphatic heterocycles. The summed E-state index contributed by atoms with van der Waals surface area (Å²) in [4.78, 5) is 16.0. The average Bonchev–Trinajstić information content (AvgIpc) is 2.56. The summed E-state index contributed by atoms with van der Waals surface area (Å²) in [6.07, 6.45) is 6.81. The van der Waals surface area contributed by atoms with Crippen LogP contribution in [0.4, 0.5) is 0 Å². The molecule has 2 atom stereocenters. The molecule has 1 amide bonds. The number of alkyl halides is 1. The second-order valence-corrected chi connectivity index (χ2v) is 5.59. The minimum Gasteiger partial charge on any atom is -0.346 e. The van der Waals surface area contributed by atoms with Crippen molar-refractivity contribution in [3.05, 3.63) is 29.0 Å². The van der Waals surface area contributed by atoms with E-state index in [0.29, 0.717) is 10.7 Å². The molecule has 1 fully saturated rings. The number of carbonyl (C=O) groups excluding carboxylic acids is 1. The SMILES string of the molecule is O=C(NC1CCCCCC1Cl)c1ccc(Cl)cn1. The summed E-state index contributed by atoms with van der Waals surface area (Å²) in [5.41, 5.74) is 0.382. The predicted molar refractivity (Wildman–Crippen MR) is 73.2 cm³/mol. The van der Waals surface area contributed by atoms with Gasteiger partial charge in [0.2, 0.25) is 0 Å². The van der Waals surface area contributed by atoms with Gasteiger partial charge < -0.3 is 5.32 Å². The Balaban J connectivity index is 1.99. The number of amides is 1. The number of nitrogens with zero attached hydrogens (tertiary/aromatic N) is 1. The Labute approximate surface area is 117 Å². The van der Waals surface area contributed by atoms with E-state index in [0.717, 1.165) is 25.7 Å². The molecule has 5 heteroatoms. The van der Waals surface area contributed by atoms with Crippen LogP contribution in [0.5, 0.6) is 0 Å². The second-order valence-electron chi connectivity index (χ2n) is 4.60. The van der Waals surface area contributed by atoms with Gasteiger partial charge in [-0.3, -0.25) is 4.79 Å². The lowest BCUT2D eigenvalue weighted by atomic mass is 10.1. The molecule has 2 rings (SSSR count). The minimum atomic E-state index is -0.177. The Hall–Kier alpha value is -0.800. The molecule has 1 aliphatic carbocycles. The van der Waals surface area contributed by atoms with Crippen LogP contribution in [-0.2, 0) is 0 Å². The van der Waals surface area contributed by atoms with Gasteiger partial charge in [-0.15, -0.1) is 11.6 Å². The van der Waals surface area contributed by atoms with Crippen molar-refractivity contribution in [2.45, 2.75) is 43.5 Å². The van der Waals surface area contributed by atoms with E-state index in [1.54, 1.807) is 12.1 Å². The van der Waals surface area contributed by atoms with Crippen molar-refractivity contribution in [1.82, 2.24) is 10.3 Å². The molecule has 0 radical (unpaired) electrons. The maximum Gasteiger partial charge on any atom is 0.270 e. The normalized spacial score (nSPS) is 24.3. The number of halogens is 2. The quantitative estimate of drug-likeness (QED) is 0.669. The van der Waals surface area contributed by atoms with E-state index in [4.69, 9.17) is 23.2 Å². The van der Waals surface area contributed by atoms with E-state index in [9.17, 15) is 4.79 Å². The smallest absolute Gasteiger partial charge is 0.270 e. The number of rotatable bonds is 2. The number of hydrogen-bond donors (Lipinski definition) is 1. The molecule has 18 heavy (non-hydrogen) atoms. The molecule has 98 valence electrons. The van der Waals surface area contributed by atoms with Crippen molar-refractivity contribution in [2.24, 2.45) is 0 Å². The molecular weight excluding hydrogens is 271 g/mol. The van der Waals surface area contributed by atoms with E-state index < -0.39 is 0 Å². The molecule has 1 heterocycles. The van der Waals surface area contributed by atoms with Crippen LogP contribution in [0, 0.1) is 0 Å². The standard InChI is InChI=1S/C13H16Cl2N2O/c14-9-6-7-12(16-8-9)13(18)17-11-5-3-1-2-4-10(11)15/h6-8,10-11H,1-5H2,(H,17,18). The number of hydrogen-bond acceptors (Lipinski definition) is 2. The first-order chi connectivity index (χ1) is 8.66. The first kappa shape index (κ1) is 13.6. The molecule has 1 saturated carbocycles. The van der Waals surface area contributed by atoms with Gasteiger partial charge in [-0.05, 0) is 25.0 Å². The van der Waals surface area contributed by atoms with Crippen LogP contribution >= 0.6 is 23.2 Å². The number of carbonyl (C=O) groups is 1. The lowest BCUT2D eigenvalue weighted by Gasteiger charge is -2.20. The van der Waals surface area contributed by atoms with Crippen LogP contribution in [0.1, 0.15) is 42.6 Å². The summed E-state index contributed by atoms with van der Waals surface area (Å²) in [6, 6.07) is 3.32. The van der Waals surface area contributed by atoms with Gasteiger partial charge in [0.15, 0.2) is 0 Å². The molecule has 1 aromatic rings. The maximum absolute atomic E-state index is 12.0. The number of pyridine rings is 1. The van der Waals surface area contributed by atoms with Crippen LogP contribution in [0.25, 0.3) is 0 Å². The first-order valence-electron chi connectivity index (χ1n) is 6.23. The topological polar surface area (TPSA) is 42.0 Å². The van der Waals surface area contributed by atoms with E-state index in [1.807, 2.05) is 0 Å². The van der Waals surface area contributed by atoms with Gasteiger partial charge in [0.05, 0.1) is 10.4 Å². The Kier molecular flexibility index (Phi) is 4.84. The second kappa shape index (κ2) is 6.39. The highest BCUT2D eigenvalue weighted by atomic mass is 35.5. The zero-order valence-electron chi connectivity index (χ0n) is 10.0. The van der Waals surface area contributed by atoms with Crippen molar-refractivity contribution in [3.8, 4) is 0 Å². The van der Waals surface area contributed by atoms with Gasteiger partial charge >= 0.3 is 0 Å². The fourth-order valence-electron chi connectivity index (χ4n) is 2.18. The fraction of sp³-hybridized carbons (Fsp3) is 0.538. The molecule has 2 unspecified atom stereocenters. The van der Waals surface area contributed by atoms with Crippen molar-refractivity contribution < 1.29 is 4.79 Å². The Morgan fingerprint density at radius 2 is 2.06 bits per heavy atom. The van der Waals surface area contributed by atoms with Crippen LogP contribution in [-0.4, -0.2) is 22.3 Å². The Morgan fingerprint density at radius 1 is 1.28 bits per heavy atom. The third kappa shape index (κ3) is 3.59. The molecule has 1 N–H and O–H groups in total. The van der Waals surface area contributed by atoms with Gasteiger partial charge in [0, 0.05) is 12.2 Å². The van der Waals surface area contributed by atoms with Crippen LogP contribution in [0.2, 0.25) is 5.02 Å². The van der Waals surface area contributed by atoms with Crippen molar-refractivity contribution in [1.29, 1.82) is 0 Å². The van der Waals surface area contributed by atoms with Crippen LogP contribution in [0.15, 0.2) is 18.3 Å². The third-order valence-corrected chi connectivity index (χ3v) is 3.95. The summed E-state index contributed by atoms with van der Waals surface area (Å²) in [5, 5.41) is 3.51. The maximum atomic E-state index is 12.0. The van der Waals surface area contributed by atoms with Crippen molar-refractivity contribution in [2.75, 3.05) is 0 Å². The fourth-order valence-corrected chi connectivity index (χ4v) is 2.63. The van der Waals surface area contributed by atoms with Crippen LogP contribution in [0.3, 0.4) is 0 Å². The van der Waals surface area contributed by atoms with Crippen LogP contribution < -0.4 is 5.32 Å². The van der Waals surface area contributed by atoms with Gasteiger partial charge in [0.25, 0.3) is 5.91 Å². The molecular formula is C13H16Cl2N2O. The molecule has 3 nitrogen and oxygen atoms in total. The molecule has 0 spiro atoms. The summed E-state index contributed by atoms with van der Waals surface area (Å²) < 4.78 is 0. The third-order valence-electron chi connectivity index (χ3n) is 3.21. The molecule has 0 bridgehead atoms. The molecule has 1 aliphatic rings. The highest BCUT2D eigenvalue weighted by Gasteiger charge is 2.23. The van der Waals surface area contributed by atoms with Gasteiger partial charge in [-0.2, -0.15) is 0 Å². The Morgan fingerprint density at radius 3 is 2.78 bits per heavy atom. The summed E-state index contributed by atoms with van der Waals surface area (Å²) in [5.74, 6) is -0.177. The lowest BCUT2D eigenvalue weighted by Crippen LogP contribution is -2.40. The van der Waals surface area contributed by atoms with E-state index in [2.05, 4.69) is 10.3 Å². The van der Waals surface area contributed by atoms with Crippen molar-refractivity contribution >= 4 is 29.1 Å². The van der Waals surface area contributed by atoms with E-state index >= 15 is 0 Å². The first-order valence-corrected chi connectivity index (χ1v) is 7.05.